The van der Waals surface area contributed by atoms with Crippen molar-refractivity contribution in [2.45, 2.75) is 17.4 Å². The summed E-state index contributed by atoms with van der Waals surface area (Å²) in [4.78, 5) is 17.2. The quantitative estimate of drug-likeness (QED) is 0.854. The van der Waals surface area contributed by atoms with Gasteiger partial charge in [-0.05, 0) is 42.3 Å². The first-order chi connectivity index (χ1) is 10.1. The van der Waals surface area contributed by atoms with Crippen LogP contribution in [0.1, 0.15) is 28.4 Å². The minimum Gasteiger partial charge on any atom is -0.345 e. The zero-order valence-corrected chi connectivity index (χ0v) is 12.5. The van der Waals surface area contributed by atoms with Crippen LogP contribution in [0.25, 0.3) is 0 Å². The van der Waals surface area contributed by atoms with Gasteiger partial charge in [-0.15, -0.1) is 11.8 Å². The van der Waals surface area contributed by atoms with Crippen LogP contribution in [0.3, 0.4) is 0 Å². The molecule has 0 spiro atoms. The minimum atomic E-state index is -0.296. The molecule has 6 heteroatoms. The number of carbonyl (C=O) groups is 1. The molecule has 0 radical (unpaired) electrons. The number of rotatable bonds is 2. The Hall–Kier alpha value is -1.59. The predicted octanol–water partition coefficient (Wildman–Crippen LogP) is 3.84. The molecule has 21 heavy (non-hydrogen) atoms. The lowest BCUT2D eigenvalue weighted by Gasteiger charge is -2.26. The number of fused-ring (bicyclic) bond motifs is 1. The van der Waals surface area contributed by atoms with Gasteiger partial charge in [0.1, 0.15) is 11.0 Å². The molecule has 108 valence electrons. The van der Waals surface area contributed by atoms with Crippen molar-refractivity contribution in [2.24, 2.45) is 0 Å². The highest BCUT2D eigenvalue weighted by Crippen LogP contribution is 2.36. The molecule has 1 unspecified atom stereocenters. The van der Waals surface area contributed by atoms with Gasteiger partial charge < -0.3 is 5.32 Å². The highest BCUT2D eigenvalue weighted by molar-refractivity contribution is 7.99. The van der Waals surface area contributed by atoms with Gasteiger partial charge >= 0.3 is 0 Å². The van der Waals surface area contributed by atoms with Crippen LogP contribution in [0.5, 0.6) is 0 Å². The molecule has 2 heterocycles. The lowest BCUT2D eigenvalue weighted by atomic mass is 10.0. The van der Waals surface area contributed by atoms with E-state index in [1.54, 1.807) is 30.0 Å². The van der Waals surface area contributed by atoms with Gasteiger partial charge in [0.25, 0.3) is 5.91 Å². The summed E-state index contributed by atoms with van der Waals surface area (Å²) in [6, 6.07) is 7.75. The van der Waals surface area contributed by atoms with E-state index in [1.165, 1.54) is 18.3 Å². The van der Waals surface area contributed by atoms with E-state index in [9.17, 15) is 9.18 Å². The molecule has 0 bridgehead atoms. The number of thioether (sulfide) groups is 1. The number of carbonyl (C=O) groups excluding carboxylic acids is 1. The zero-order valence-electron chi connectivity index (χ0n) is 11.0. The van der Waals surface area contributed by atoms with E-state index in [2.05, 4.69) is 10.3 Å². The number of aromatic nitrogens is 1. The molecule has 0 saturated carbocycles. The van der Waals surface area contributed by atoms with Gasteiger partial charge in [-0.1, -0.05) is 11.6 Å². The van der Waals surface area contributed by atoms with Crippen LogP contribution in [-0.2, 0) is 0 Å². The van der Waals surface area contributed by atoms with Gasteiger partial charge in [0.15, 0.2) is 0 Å². The summed E-state index contributed by atoms with van der Waals surface area (Å²) in [5, 5.41) is 3.08. The normalized spacial score (nSPS) is 17.1. The number of nitrogens with zero attached hydrogens (tertiary/aromatic N) is 1. The lowest BCUT2D eigenvalue weighted by Crippen LogP contribution is -2.31. The molecule has 1 aromatic heterocycles. The molecule has 1 aliphatic rings. The third-order valence-electron chi connectivity index (χ3n) is 3.32. The van der Waals surface area contributed by atoms with Crippen LogP contribution < -0.4 is 5.32 Å². The molecule has 0 saturated heterocycles. The van der Waals surface area contributed by atoms with E-state index < -0.39 is 0 Å². The van der Waals surface area contributed by atoms with Crippen molar-refractivity contribution in [1.82, 2.24) is 10.3 Å². The largest absolute Gasteiger partial charge is 0.345 e. The second-order valence-corrected chi connectivity index (χ2v) is 6.18. The first kappa shape index (κ1) is 14.4. The molecule has 1 aromatic carbocycles. The van der Waals surface area contributed by atoms with Crippen molar-refractivity contribution in [3.05, 3.63) is 58.6 Å². The maximum atomic E-state index is 13.4. The molecule has 3 nitrogen and oxygen atoms in total. The highest BCUT2D eigenvalue weighted by atomic mass is 35.5. The van der Waals surface area contributed by atoms with Crippen LogP contribution in [0, 0.1) is 5.82 Å². The second kappa shape index (κ2) is 6.03. The van der Waals surface area contributed by atoms with Gasteiger partial charge in [0.2, 0.25) is 0 Å². The Balaban J connectivity index is 1.85. The van der Waals surface area contributed by atoms with E-state index in [-0.39, 0.29) is 22.9 Å². The van der Waals surface area contributed by atoms with Crippen LogP contribution in [-0.4, -0.2) is 16.6 Å². The highest BCUT2D eigenvalue weighted by Gasteiger charge is 2.24. The molecular weight excluding hydrogens is 311 g/mol. The minimum absolute atomic E-state index is 0.166. The molecule has 0 fully saturated rings. The van der Waals surface area contributed by atoms with Gasteiger partial charge in [0.05, 0.1) is 11.6 Å². The van der Waals surface area contributed by atoms with Crippen LogP contribution in [0.2, 0.25) is 5.15 Å². The first-order valence-electron chi connectivity index (χ1n) is 6.49. The van der Waals surface area contributed by atoms with Crippen molar-refractivity contribution >= 4 is 29.3 Å². The molecule has 0 aliphatic carbocycles. The Morgan fingerprint density at radius 3 is 3.10 bits per heavy atom. The smallest absolute Gasteiger partial charge is 0.254 e. The molecular formula is C15H12ClFN2OS. The van der Waals surface area contributed by atoms with E-state index in [4.69, 9.17) is 11.6 Å². The predicted molar refractivity (Wildman–Crippen MR) is 81.2 cm³/mol. The molecule has 1 amide bonds. The van der Waals surface area contributed by atoms with Gasteiger partial charge in [-0.25, -0.2) is 9.37 Å². The number of amides is 1. The van der Waals surface area contributed by atoms with E-state index in [0.29, 0.717) is 5.56 Å². The van der Waals surface area contributed by atoms with Crippen LogP contribution in [0.4, 0.5) is 4.39 Å². The number of hydrogen-bond donors (Lipinski definition) is 1. The molecule has 3 rings (SSSR count). The Kier molecular flexibility index (Phi) is 4.12. The Bertz CT molecular complexity index is 695. The standard InChI is InChI=1S/C15H12ClFN2OS/c16-14-10(2-1-6-18-14)15(20)19-12-5-7-21-13-4-3-9(17)8-11(12)13/h1-4,6,8,12H,5,7H2,(H,19,20). The number of benzene rings is 1. The molecule has 2 aromatic rings. The summed E-state index contributed by atoms with van der Waals surface area (Å²) >= 11 is 7.60. The maximum absolute atomic E-state index is 13.4. The van der Waals surface area contributed by atoms with E-state index >= 15 is 0 Å². The first-order valence-corrected chi connectivity index (χ1v) is 7.85. The second-order valence-electron chi connectivity index (χ2n) is 4.69. The summed E-state index contributed by atoms with van der Waals surface area (Å²) in [5.74, 6) is 0.291. The average molecular weight is 323 g/mol. The number of pyridine rings is 1. The van der Waals surface area contributed by atoms with Gasteiger partial charge in [0, 0.05) is 16.8 Å². The Morgan fingerprint density at radius 1 is 1.43 bits per heavy atom. The fraction of sp³-hybridized carbons (Fsp3) is 0.200. The Morgan fingerprint density at radius 2 is 2.29 bits per heavy atom. The third-order valence-corrected chi connectivity index (χ3v) is 4.74. The number of halogens is 2. The molecule has 1 aliphatic heterocycles. The number of hydrogen-bond acceptors (Lipinski definition) is 3. The number of nitrogens with one attached hydrogen (secondary N) is 1. The van der Waals surface area contributed by atoms with Crippen LogP contribution >= 0.6 is 23.4 Å². The zero-order chi connectivity index (χ0) is 14.8. The summed E-state index contributed by atoms with van der Waals surface area (Å²) in [5.41, 5.74) is 1.15. The maximum Gasteiger partial charge on any atom is 0.254 e. The van der Waals surface area contributed by atoms with Gasteiger partial charge in [-0.3, -0.25) is 4.79 Å². The SMILES string of the molecule is O=C(NC1CCSc2ccc(F)cc21)c1cccnc1Cl. The van der Waals surface area contributed by atoms with Crippen LogP contribution in [0.15, 0.2) is 41.4 Å². The van der Waals surface area contributed by atoms with Gasteiger partial charge in [-0.2, -0.15) is 0 Å². The summed E-state index contributed by atoms with van der Waals surface area (Å²) < 4.78 is 13.4. The third kappa shape index (κ3) is 3.04. The fourth-order valence-electron chi connectivity index (χ4n) is 2.31. The van der Waals surface area contributed by atoms with Crippen molar-refractivity contribution < 1.29 is 9.18 Å². The summed E-state index contributed by atoms with van der Waals surface area (Å²) in [7, 11) is 0. The van der Waals surface area contributed by atoms with Crippen molar-refractivity contribution in [3.63, 3.8) is 0 Å². The molecule has 1 N–H and O–H groups in total. The van der Waals surface area contributed by atoms with E-state index in [0.717, 1.165) is 22.6 Å². The molecule has 1 atom stereocenters. The fourth-order valence-corrected chi connectivity index (χ4v) is 3.62. The lowest BCUT2D eigenvalue weighted by molar-refractivity contribution is 0.0934. The van der Waals surface area contributed by atoms with Crippen molar-refractivity contribution in [1.29, 1.82) is 0 Å². The van der Waals surface area contributed by atoms with Crippen molar-refractivity contribution in [3.8, 4) is 0 Å². The monoisotopic (exact) mass is 322 g/mol. The summed E-state index contributed by atoms with van der Waals surface area (Å²) in [6.07, 6.45) is 2.28. The average Bonchev–Trinajstić information content (AvgIpc) is 2.48. The van der Waals surface area contributed by atoms with Crippen molar-refractivity contribution in [2.75, 3.05) is 5.75 Å². The van der Waals surface area contributed by atoms with E-state index in [1.807, 2.05) is 0 Å². The topological polar surface area (TPSA) is 42.0 Å². The summed E-state index contributed by atoms with van der Waals surface area (Å²) in [6.45, 7) is 0. The Labute approximate surface area is 130 Å².